The first-order valence-corrected chi connectivity index (χ1v) is 8.25. The molecule has 2 heterocycles. The average Bonchev–Trinajstić information content (AvgIpc) is 2.67. The number of methoxy groups -OCH3 is 2. The summed E-state index contributed by atoms with van der Waals surface area (Å²) in [5.74, 6) is -1.30. The Morgan fingerprint density at radius 3 is 2.11 bits per heavy atom. The van der Waals surface area contributed by atoms with Crippen LogP contribution in [-0.2, 0) is 31.9 Å². The van der Waals surface area contributed by atoms with Crippen molar-refractivity contribution in [1.82, 2.24) is 0 Å². The summed E-state index contributed by atoms with van der Waals surface area (Å²) >= 11 is 0. The number of rotatable bonds is 2. The standard InChI is InChI=1S/C11H10O5.C9H6O3/c1-14-6-3-8-7(9(4-6)15-2)5-10(12)16-11(8)13;10-8-5-6-3-1-2-4-7(6)9(11)12-8/h3-4H,5H2,1-2H3;1-4H,5H2. The van der Waals surface area contributed by atoms with Gasteiger partial charge in [-0.3, -0.25) is 9.59 Å². The first-order chi connectivity index (χ1) is 13.4. The lowest BCUT2D eigenvalue weighted by Crippen LogP contribution is -2.23. The highest BCUT2D eigenvalue weighted by Crippen LogP contribution is 2.32. The van der Waals surface area contributed by atoms with Crippen molar-refractivity contribution >= 4 is 23.9 Å². The lowest BCUT2D eigenvalue weighted by molar-refractivity contribution is -0.139. The van der Waals surface area contributed by atoms with Crippen LogP contribution in [-0.4, -0.2) is 38.1 Å². The van der Waals surface area contributed by atoms with E-state index in [1.807, 2.05) is 0 Å². The zero-order valence-corrected chi connectivity index (χ0v) is 15.1. The van der Waals surface area contributed by atoms with Gasteiger partial charge in [-0.2, -0.15) is 0 Å². The first-order valence-electron chi connectivity index (χ1n) is 8.25. The summed E-state index contributed by atoms with van der Waals surface area (Å²) < 4.78 is 19.1. The fourth-order valence-corrected chi connectivity index (χ4v) is 2.85. The Hall–Kier alpha value is -3.68. The van der Waals surface area contributed by atoms with Gasteiger partial charge in [-0.25, -0.2) is 9.59 Å². The first kappa shape index (κ1) is 19.1. The molecule has 0 saturated carbocycles. The fraction of sp³-hybridized carbons (Fsp3) is 0.200. The van der Waals surface area contributed by atoms with Crippen LogP contribution in [0.4, 0.5) is 0 Å². The summed E-state index contributed by atoms with van der Waals surface area (Å²) in [6.07, 6.45) is 0.232. The molecule has 28 heavy (non-hydrogen) atoms. The number of esters is 4. The molecule has 0 N–H and O–H groups in total. The second-order valence-electron chi connectivity index (χ2n) is 5.89. The van der Waals surface area contributed by atoms with Crippen LogP contribution in [0, 0.1) is 0 Å². The van der Waals surface area contributed by atoms with E-state index >= 15 is 0 Å². The van der Waals surface area contributed by atoms with Gasteiger partial charge in [0.1, 0.15) is 11.5 Å². The third-order valence-electron chi connectivity index (χ3n) is 4.16. The molecule has 0 spiro atoms. The molecule has 0 unspecified atom stereocenters. The predicted octanol–water partition coefficient (Wildman–Crippen LogP) is 1.87. The zero-order valence-electron chi connectivity index (χ0n) is 15.1. The number of hydrogen-bond donors (Lipinski definition) is 0. The van der Waals surface area contributed by atoms with Crippen molar-refractivity contribution in [2.45, 2.75) is 12.8 Å². The Labute approximate surface area is 160 Å². The fourth-order valence-electron chi connectivity index (χ4n) is 2.85. The molecule has 0 bridgehead atoms. The third kappa shape index (κ3) is 3.85. The molecule has 0 radical (unpaired) electrons. The van der Waals surface area contributed by atoms with E-state index in [-0.39, 0.29) is 12.8 Å². The van der Waals surface area contributed by atoms with E-state index in [1.54, 1.807) is 30.3 Å². The molecule has 8 heteroatoms. The molecule has 8 nitrogen and oxygen atoms in total. The van der Waals surface area contributed by atoms with Gasteiger partial charge in [0.15, 0.2) is 0 Å². The third-order valence-corrected chi connectivity index (χ3v) is 4.16. The zero-order chi connectivity index (χ0) is 20.3. The average molecular weight is 384 g/mol. The highest BCUT2D eigenvalue weighted by molar-refractivity contribution is 6.03. The maximum atomic E-state index is 11.5. The Kier molecular flexibility index (Phi) is 5.39. The number of cyclic esters (lactones) is 4. The molecule has 0 amide bonds. The summed E-state index contributed by atoms with van der Waals surface area (Å²) in [6.45, 7) is 0. The van der Waals surface area contributed by atoms with Crippen LogP contribution in [0.5, 0.6) is 11.5 Å². The van der Waals surface area contributed by atoms with Crippen LogP contribution >= 0.6 is 0 Å². The van der Waals surface area contributed by atoms with Gasteiger partial charge in [-0.05, 0) is 17.7 Å². The van der Waals surface area contributed by atoms with Crippen molar-refractivity contribution in [3.8, 4) is 11.5 Å². The lowest BCUT2D eigenvalue weighted by Gasteiger charge is -2.17. The van der Waals surface area contributed by atoms with Crippen molar-refractivity contribution < 1.29 is 38.1 Å². The minimum Gasteiger partial charge on any atom is -0.497 e. The molecule has 0 fully saturated rings. The van der Waals surface area contributed by atoms with Gasteiger partial charge in [0.25, 0.3) is 0 Å². The monoisotopic (exact) mass is 384 g/mol. The molecule has 0 aliphatic carbocycles. The molecule has 4 rings (SSSR count). The van der Waals surface area contributed by atoms with Gasteiger partial charge in [-0.1, -0.05) is 18.2 Å². The van der Waals surface area contributed by atoms with E-state index in [0.717, 1.165) is 5.56 Å². The van der Waals surface area contributed by atoms with Crippen LogP contribution in [0.3, 0.4) is 0 Å². The maximum absolute atomic E-state index is 11.5. The van der Waals surface area contributed by atoms with E-state index in [9.17, 15) is 19.2 Å². The van der Waals surface area contributed by atoms with E-state index in [1.165, 1.54) is 20.3 Å². The molecule has 0 aromatic heterocycles. The largest absolute Gasteiger partial charge is 0.497 e. The van der Waals surface area contributed by atoms with Gasteiger partial charge >= 0.3 is 23.9 Å². The van der Waals surface area contributed by atoms with Crippen LogP contribution in [0.25, 0.3) is 0 Å². The Balaban J connectivity index is 0.000000167. The minimum absolute atomic E-state index is 0.0360. The van der Waals surface area contributed by atoms with E-state index in [4.69, 9.17) is 9.47 Å². The maximum Gasteiger partial charge on any atom is 0.346 e. The minimum atomic E-state index is -0.663. The van der Waals surface area contributed by atoms with Gasteiger partial charge in [0, 0.05) is 11.6 Å². The summed E-state index contributed by atoms with van der Waals surface area (Å²) in [7, 11) is 2.96. The molecular formula is C20H16O8. The smallest absolute Gasteiger partial charge is 0.346 e. The van der Waals surface area contributed by atoms with Crippen LogP contribution in [0.1, 0.15) is 31.8 Å². The van der Waals surface area contributed by atoms with Crippen molar-refractivity contribution in [2.24, 2.45) is 0 Å². The summed E-state index contributed by atoms with van der Waals surface area (Å²) in [4.78, 5) is 44.5. The molecule has 2 aromatic rings. The molecule has 0 atom stereocenters. The number of carbonyl (C=O) groups excluding carboxylic acids is 4. The van der Waals surface area contributed by atoms with Crippen LogP contribution in [0.2, 0.25) is 0 Å². The van der Waals surface area contributed by atoms with Gasteiger partial charge in [-0.15, -0.1) is 0 Å². The number of hydrogen-bond acceptors (Lipinski definition) is 8. The summed E-state index contributed by atoms with van der Waals surface area (Å²) in [6, 6.07) is 10.1. The lowest BCUT2D eigenvalue weighted by atomic mass is 10.0. The Morgan fingerprint density at radius 2 is 1.43 bits per heavy atom. The number of ether oxygens (including phenoxy) is 4. The molecule has 0 saturated heterocycles. The van der Waals surface area contributed by atoms with Crippen molar-refractivity contribution in [1.29, 1.82) is 0 Å². The molecule has 2 aromatic carbocycles. The molecular weight excluding hydrogens is 368 g/mol. The number of carbonyl (C=O) groups is 4. The normalized spacial score (nSPS) is 14.6. The van der Waals surface area contributed by atoms with Crippen LogP contribution in [0.15, 0.2) is 36.4 Å². The quantitative estimate of drug-likeness (QED) is 0.571. The highest BCUT2D eigenvalue weighted by atomic mass is 16.6. The van der Waals surface area contributed by atoms with E-state index < -0.39 is 23.9 Å². The number of fused-ring (bicyclic) bond motifs is 2. The van der Waals surface area contributed by atoms with Crippen molar-refractivity contribution in [3.63, 3.8) is 0 Å². The molecule has 2 aliphatic rings. The second kappa shape index (κ2) is 7.91. The molecule has 2 aliphatic heterocycles. The van der Waals surface area contributed by atoms with Crippen molar-refractivity contribution in [2.75, 3.05) is 14.2 Å². The molecule has 144 valence electrons. The predicted molar refractivity (Wildman–Crippen MR) is 94.2 cm³/mol. The van der Waals surface area contributed by atoms with Gasteiger partial charge in [0.05, 0.1) is 38.2 Å². The van der Waals surface area contributed by atoms with E-state index in [0.29, 0.717) is 28.2 Å². The highest BCUT2D eigenvalue weighted by Gasteiger charge is 2.28. The topological polar surface area (TPSA) is 105 Å². The second-order valence-corrected chi connectivity index (χ2v) is 5.89. The van der Waals surface area contributed by atoms with E-state index in [2.05, 4.69) is 9.47 Å². The Bertz CT molecular complexity index is 976. The van der Waals surface area contributed by atoms with Crippen LogP contribution < -0.4 is 9.47 Å². The SMILES string of the molecule is COc1cc(OC)c2c(c1)C(=O)OC(=O)C2.O=C1Cc2ccccc2C(=O)O1. The summed E-state index contributed by atoms with van der Waals surface area (Å²) in [5, 5.41) is 0. The van der Waals surface area contributed by atoms with Gasteiger partial charge < -0.3 is 18.9 Å². The summed E-state index contributed by atoms with van der Waals surface area (Å²) in [5.41, 5.74) is 2.11. The van der Waals surface area contributed by atoms with Gasteiger partial charge in [0.2, 0.25) is 0 Å². The number of benzene rings is 2. The van der Waals surface area contributed by atoms with Crippen molar-refractivity contribution in [3.05, 3.63) is 58.7 Å². The Morgan fingerprint density at radius 1 is 0.786 bits per heavy atom.